The van der Waals surface area contributed by atoms with E-state index in [4.69, 9.17) is 9.63 Å². The molecule has 2 aromatic carbocycles. The highest BCUT2D eigenvalue weighted by atomic mass is 19.1. The van der Waals surface area contributed by atoms with Crippen LogP contribution < -0.4 is 0 Å². The molecule has 0 aliphatic heterocycles. The van der Waals surface area contributed by atoms with Crippen LogP contribution in [0.5, 0.6) is 0 Å². The summed E-state index contributed by atoms with van der Waals surface area (Å²) in [5, 5.41) is 12.4. The van der Waals surface area contributed by atoms with Gasteiger partial charge in [0, 0.05) is 17.5 Å². The first-order valence-corrected chi connectivity index (χ1v) is 7.11. The van der Waals surface area contributed by atoms with Gasteiger partial charge in [-0.25, -0.2) is 9.18 Å². The van der Waals surface area contributed by atoms with Crippen molar-refractivity contribution in [2.45, 2.75) is 12.8 Å². The molecule has 0 fully saturated rings. The first-order chi connectivity index (χ1) is 11.1. The Morgan fingerprint density at radius 3 is 2.52 bits per heavy atom. The number of nitrogens with zero attached hydrogens (tertiary/aromatic N) is 1. The van der Waals surface area contributed by atoms with Crippen LogP contribution in [0.15, 0.2) is 59.1 Å². The molecule has 0 bridgehead atoms. The molecule has 1 N–H and O–H groups in total. The summed E-state index contributed by atoms with van der Waals surface area (Å²) in [6.07, 6.45) is 0. The van der Waals surface area contributed by atoms with Crippen molar-refractivity contribution in [2.24, 2.45) is 0 Å². The van der Waals surface area contributed by atoms with Gasteiger partial charge in [0.2, 0.25) is 0 Å². The molecule has 0 spiro atoms. The lowest BCUT2D eigenvalue weighted by molar-refractivity contribution is 0.0685. The number of carboxylic acid groups (broad SMARTS) is 1. The van der Waals surface area contributed by atoms with E-state index in [1.165, 1.54) is 12.1 Å². The molecule has 23 heavy (non-hydrogen) atoms. The normalized spacial score (nSPS) is 12.1. The van der Waals surface area contributed by atoms with Gasteiger partial charge in [0.15, 0.2) is 5.69 Å². The van der Waals surface area contributed by atoms with E-state index in [0.29, 0.717) is 16.9 Å². The third-order valence-electron chi connectivity index (χ3n) is 3.75. The predicted molar refractivity (Wildman–Crippen MR) is 82.8 cm³/mol. The molecule has 3 rings (SSSR count). The van der Waals surface area contributed by atoms with Gasteiger partial charge in [-0.2, -0.15) is 0 Å². The van der Waals surface area contributed by atoms with E-state index in [1.807, 2.05) is 37.3 Å². The molecule has 3 aromatic rings. The first-order valence-electron chi connectivity index (χ1n) is 7.11. The van der Waals surface area contributed by atoms with Crippen LogP contribution in [0.1, 0.15) is 34.7 Å². The van der Waals surface area contributed by atoms with Gasteiger partial charge < -0.3 is 9.63 Å². The number of carboxylic acids is 1. The Balaban J connectivity index is 1.91. The molecule has 4 nitrogen and oxygen atoms in total. The number of hydrogen-bond donors (Lipinski definition) is 1. The zero-order valence-corrected chi connectivity index (χ0v) is 12.4. The Morgan fingerprint density at radius 1 is 1.17 bits per heavy atom. The van der Waals surface area contributed by atoms with E-state index >= 15 is 0 Å². The number of benzene rings is 2. The highest BCUT2D eigenvalue weighted by Gasteiger charge is 2.18. The fourth-order valence-electron chi connectivity index (χ4n) is 2.41. The number of aromatic nitrogens is 1. The smallest absolute Gasteiger partial charge is 0.358 e. The average molecular weight is 311 g/mol. The summed E-state index contributed by atoms with van der Waals surface area (Å²) in [4.78, 5) is 10.8. The van der Waals surface area contributed by atoms with E-state index in [-0.39, 0.29) is 17.4 Å². The number of halogens is 1. The quantitative estimate of drug-likeness (QED) is 0.779. The van der Waals surface area contributed by atoms with Gasteiger partial charge in [-0.05, 0) is 17.2 Å². The topological polar surface area (TPSA) is 63.3 Å². The minimum absolute atomic E-state index is 0.159. The Labute approximate surface area is 132 Å². The van der Waals surface area contributed by atoms with E-state index < -0.39 is 5.97 Å². The highest BCUT2D eigenvalue weighted by Crippen LogP contribution is 2.29. The Hall–Kier alpha value is -2.95. The molecule has 5 heteroatoms. The summed E-state index contributed by atoms with van der Waals surface area (Å²) in [5.41, 5.74) is 1.85. The Kier molecular flexibility index (Phi) is 3.93. The molecule has 1 aromatic heterocycles. The monoisotopic (exact) mass is 311 g/mol. The molecule has 0 aliphatic rings. The number of rotatable bonds is 4. The van der Waals surface area contributed by atoms with Crippen LogP contribution in [0.2, 0.25) is 0 Å². The van der Waals surface area contributed by atoms with Gasteiger partial charge in [-0.15, -0.1) is 0 Å². The van der Waals surface area contributed by atoms with Crippen LogP contribution >= 0.6 is 0 Å². The maximum absolute atomic E-state index is 14.4. The van der Waals surface area contributed by atoms with Crippen LogP contribution in [0, 0.1) is 5.82 Å². The van der Waals surface area contributed by atoms with E-state index in [2.05, 4.69) is 5.16 Å². The van der Waals surface area contributed by atoms with Crippen molar-refractivity contribution in [3.05, 3.63) is 77.4 Å². The molecular weight excluding hydrogens is 297 g/mol. The standard InChI is InChI=1S/C18H14FNO3/c1-11(17-10-16(18(21)22)20-23-17)13-7-8-14(15(19)9-13)12-5-3-2-4-6-12/h2-11H,1H3,(H,21,22). The van der Waals surface area contributed by atoms with E-state index in [0.717, 1.165) is 5.56 Å². The molecule has 116 valence electrons. The van der Waals surface area contributed by atoms with Gasteiger partial charge in [0.1, 0.15) is 11.6 Å². The van der Waals surface area contributed by atoms with Crippen LogP contribution in [0.25, 0.3) is 11.1 Å². The second-order valence-electron chi connectivity index (χ2n) is 5.25. The van der Waals surface area contributed by atoms with Crippen LogP contribution in [-0.2, 0) is 0 Å². The molecule has 0 aliphatic carbocycles. The average Bonchev–Trinajstić information content (AvgIpc) is 3.05. The second-order valence-corrected chi connectivity index (χ2v) is 5.25. The molecular formula is C18H14FNO3. The molecule has 1 unspecified atom stereocenters. The van der Waals surface area contributed by atoms with Crippen LogP contribution in [0.4, 0.5) is 4.39 Å². The lowest BCUT2D eigenvalue weighted by Crippen LogP contribution is -1.97. The number of carbonyl (C=O) groups is 1. The van der Waals surface area contributed by atoms with Gasteiger partial charge in [0.05, 0.1) is 0 Å². The predicted octanol–water partition coefficient (Wildman–Crippen LogP) is 4.33. The number of aromatic carboxylic acids is 1. The van der Waals surface area contributed by atoms with E-state index in [1.54, 1.807) is 12.1 Å². The van der Waals surface area contributed by atoms with Crippen molar-refractivity contribution in [1.29, 1.82) is 0 Å². The second kappa shape index (κ2) is 6.04. The van der Waals surface area contributed by atoms with Crippen molar-refractivity contribution in [2.75, 3.05) is 0 Å². The van der Waals surface area contributed by atoms with Gasteiger partial charge in [-0.3, -0.25) is 0 Å². The van der Waals surface area contributed by atoms with Crippen molar-refractivity contribution in [1.82, 2.24) is 5.16 Å². The summed E-state index contributed by atoms with van der Waals surface area (Å²) in [5.74, 6) is -1.40. The minimum atomic E-state index is -1.15. The SMILES string of the molecule is CC(c1ccc(-c2ccccc2)c(F)c1)c1cc(C(=O)O)no1. The lowest BCUT2D eigenvalue weighted by Gasteiger charge is -2.10. The van der Waals surface area contributed by atoms with Gasteiger partial charge >= 0.3 is 5.97 Å². The molecule has 1 heterocycles. The zero-order valence-electron chi connectivity index (χ0n) is 12.4. The largest absolute Gasteiger partial charge is 0.476 e. The van der Waals surface area contributed by atoms with Crippen LogP contribution in [-0.4, -0.2) is 16.2 Å². The highest BCUT2D eigenvalue weighted by molar-refractivity contribution is 5.85. The van der Waals surface area contributed by atoms with Gasteiger partial charge in [0.25, 0.3) is 0 Å². The fraction of sp³-hybridized carbons (Fsp3) is 0.111. The van der Waals surface area contributed by atoms with Crippen molar-refractivity contribution in [3.8, 4) is 11.1 Å². The van der Waals surface area contributed by atoms with Crippen molar-refractivity contribution >= 4 is 5.97 Å². The summed E-state index contributed by atoms with van der Waals surface area (Å²) in [6, 6.07) is 15.6. The maximum Gasteiger partial charge on any atom is 0.358 e. The summed E-state index contributed by atoms with van der Waals surface area (Å²) >= 11 is 0. The van der Waals surface area contributed by atoms with E-state index in [9.17, 15) is 9.18 Å². The third-order valence-corrected chi connectivity index (χ3v) is 3.75. The third kappa shape index (κ3) is 2.99. The molecule has 0 amide bonds. The van der Waals surface area contributed by atoms with Crippen molar-refractivity contribution < 1.29 is 18.8 Å². The summed E-state index contributed by atoms with van der Waals surface area (Å²) < 4.78 is 19.4. The molecule has 0 saturated heterocycles. The molecule has 0 radical (unpaired) electrons. The summed E-state index contributed by atoms with van der Waals surface area (Å²) in [7, 11) is 0. The fourth-order valence-corrected chi connectivity index (χ4v) is 2.41. The Bertz CT molecular complexity index is 842. The minimum Gasteiger partial charge on any atom is -0.476 e. The lowest BCUT2D eigenvalue weighted by atomic mass is 9.95. The molecule has 1 atom stereocenters. The van der Waals surface area contributed by atoms with Crippen molar-refractivity contribution in [3.63, 3.8) is 0 Å². The zero-order chi connectivity index (χ0) is 16.4. The number of hydrogen-bond acceptors (Lipinski definition) is 3. The first kappa shape index (κ1) is 15.0. The summed E-state index contributed by atoms with van der Waals surface area (Å²) in [6.45, 7) is 1.81. The van der Waals surface area contributed by atoms with Gasteiger partial charge in [-0.1, -0.05) is 54.5 Å². The van der Waals surface area contributed by atoms with Crippen LogP contribution in [0.3, 0.4) is 0 Å². The maximum atomic E-state index is 14.4. The Morgan fingerprint density at radius 2 is 1.91 bits per heavy atom. The molecule has 0 saturated carbocycles.